The molecule has 2 rings (SSSR count). The van der Waals surface area contributed by atoms with E-state index in [9.17, 15) is 4.79 Å². The topological polar surface area (TPSA) is 95.1 Å². The summed E-state index contributed by atoms with van der Waals surface area (Å²) in [6.07, 6.45) is 1.57. The van der Waals surface area contributed by atoms with Gasteiger partial charge in [-0.1, -0.05) is 0 Å². The number of carbonyl (C=O) groups is 1. The molecular formula is C14H19N5O2. The van der Waals surface area contributed by atoms with Crippen molar-refractivity contribution in [1.29, 1.82) is 0 Å². The maximum atomic E-state index is 12.4. The summed E-state index contributed by atoms with van der Waals surface area (Å²) in [5.74, 6) is 0.0236. The first-order valence-corrected chi connectivity index (χ1v) is 6.62. The number of aryl methyl sites for hydroxylation is 2. The average molecular weight is 289 g/mol. The third-order valence-electron chi connectivity index (χ3n) is 2.85. The van der Waals surface area contributed by atoms with Gasteiger partial charge in [0, 0.05) is 13.2 Å². The minimum absolute atomic E-state index is 0.0421. The predicted molar refractivity (Wildman–Crippen MR) is 80.3 cm³/mol. The number of pyridine rings is 1. The van der Waals surface area contributed by atoms with E-state index < -0.39 is 0 Å². The molecule has 0 fully saturated rings. The molecule has 0 bridgehead atoms. The summed E-state index contributed by atoms with van der Waals surface area (Å²) in [5, 5.41) is 6.89. The van der Waals surface area contributed by atoms with Gasteiger partial charge in [0.1, 0.15) is 11.4 Å². The van der Waals surface area contributed by atoms with E-state index in [1.54, 1.807) is 32.3 Å². The molecule has 2 aromatic rings. The van der Waals surface area contributed by atoms with Gasteiger partial charge in [0.25, 0.3) is 5.91 Å². The van der Waals surface area contributed by atoms with Crippen LogP contribution in [0.2, 0.25) is 0 Å². The van der Waals surface area contributed by atoms with Gasteiger partial charge in [0.05, 0.1) is 17.5 Å². The van der Waals surface area contributed by atoms with Crippen molar-refractivity contribution in [2.75, 3.05) is 11.1 Å². The molecule has 0 aliphatic heterocycles. The van der Waals surface area contributed by atoms with Gasteiger partial charge in [0.2, 0.25) is 5.88 Å². The van der Waals surface area contributed by atoms with Crippen molar-refractivity contribution in [3.8, 4) is 5.88 Å². The lowest BCUT2D eigenvalue weighted by molar-refractivity contribution is 0.101. The van der Waals surface area contributed by atoms with Gasteiger partial charge in [-0.05, 0) is 32.9 Å². The number of rotatable bonds is 4. The summed E-state index contributed by atoms with van der Waals surface area (Å²) in [4.78, 5) is 16.5. The molecule has 0 saturated carbocycles. The van der Waals surface area contributed by atoms with E-state index in [1.165, 1.54) is 4.68 Å². The molecule has 2 aromatic heterocycles. The van der Waals surface area contributed by atoms with Crippen molar-refractivity contribution in [3.05, 3.63) is 29.7 Å². The molecule has 0 aliphatic carbocycles. The fourth-order valence-corrected chi connectivity index (χ4v) is 1.93. The van der Waals surface area contributed by atoms with E-state index in [0.717, 1.165) is 0 Å². The third-order valence-corrected chi connectivity index (χ3v) is 2.85. The van der Waals surface area contributed by atoms with Gasteiger partial charge in [0.15, 0.2) is 0 Å². The van der Waals surface area contributed by atoms with Crippen molar-refractivity contribution in [1.82, 2.24) is 14.8 Å². The first kappa shape index (κ1) is 14.8. The summed E-state index contributed by atoms with van der Waals surface area (Å²) in [5.41, 5.74) is 7.68. The minimum Gasteiger partial charge on any atom is -0.473 e. The van der Waals surface area contributed by atoms with Crippen LogP contribution in [0.5, 0.6) is 5.88 Å². The first-order chi connectivity index (χ1) is 9.90. The van der Waals surface area contributed by atoms with E-state index in [1.807, 2.05) is 13.8 Å². The number of nitrogens with zero attached hydrogens (tertiary/aromatic N) is 3. The number of carbonyl (C=O) groups excluding carboxylic acids is 1. The Bertz CT molecular complexity index is 663. The fraction of sp³-hybridized carbons (Fsp3) is 0.357. The lowest BCUT2D eigenvalue weighted by Gasteiger charge is -2.13. The van der Waals surface area contributed by atoms with E-state index in [0.29, 0.717) is 28.6 Å². The van der Waals surface area contributed by atoms with E-state index in [-0.39, 0.29) is 12.0 Å². The van der Waals surface area contributed by atoms with E-state index >= 15 is 0 Å². The smallest absolute Gasteiger partial charge is 0.276 e. The highest BCUT2D eigenvalue weighted by Crippen LogP contribution is 2.24. The van der Waals surface area contributed by atoms with Gasteiger partial charge < -0.3 is 15.8 Å². The van der Waals surface area contributed by atoms with Crippen LogP contribution in [0, 0.1) is 6.92 Å². The molecule has 2 heterocycles. The van der Waals surface area contributed by atoms with E-state index in [4.69, 9.17) is 10.5 Å². The van der Waals surface area contributed by atoms with Crippen LogP contribution in [-0.4, -0.2) is 26.8 Å². The normalized spacial score (nSPS) is 10.7. The average Bonchev–Trinajstić information content (AvgIpc) is 2.65. The summed E-state index contributed by atoms with van der Waals surface area (Å²) in [6, 6.07) is 3.45. The lowest BCUT2D eigenvalue weighted by atomic mass is 10.3. The Morgan fingerprint density at radius 1 is 1.48 bits per heavy atom. The molecule has 0 aliphatic rings. The number of anilines is 2. The summed E-state index contributed by atoms with van der Waals surface area (Å²) in [7, 11) is 1.67. The van der Waals surface area contributed by atoms with Crippen LogP contribution in [0.4, 0.5) is 11.4 Å². The number of nitrogens with one attached hydrogen (secondary N) is 1. The molecule has 3 N–H and O–H groups in total. The predicted octanol–water partition coefficient (Wildman–Crippen LogP) is 1.75. The molecule has 112 valence electrons. The molecular weight excluding hydrogens is 270 g/mol. The molecule has 0 spiro atoms. The SMILES string of the molecule is Cc1nn(C)c(C(=O)Nc2cccnc2OC(C)C)c1N. The highest BCUT2D eigenvalue weighted by atomic mass is 16.5. The van der Waals surface area contributed by atoms with Gasteiger partial charge in [-0.2, -0.15) is 5.10 Å². The number of hydrogen-bond acceptors (Lipinski definition) is 5. The number of ether oxygens (including phenoxy) is 1. The Hall–Kier alpha value is -2.57. The number of amides is 1. The molecule has 7 heteroatoms. The molecule has 0 aromatic carbocycles. The van der Waals surface area contributed by atoms with Crippen molar-refractivity contribution in [2.45, 2.75) is 26.9 Å². The van der Waals surface area contributed by atoms with Gasteiger partial charge >= 0.3 is 0 Å². The standard InChI is InChI=1S/C14H19N5O2/c1-8(2)21-14-10(6-5-7-16-14)17-13(20)12-11(15)9(3)18-19(12)4/h5-8H,15H2,1-4H3,(H,17,20). The zero-order valence-electron chi connectivity index (χ0n) is 12.5. The summed E-state index contributed by atoms with van der Waals surface area (Å²) >= 11 is 0. The number of hydrogen-bond donors (Lipinski definition) is 2. The summed E-state index contributed by atoms with van der Waals surface area (Å²) in [6.45, 7) is 5.54. The van der Waals surface area contributed by atoms with Crippen LogP contribution < -0.4 is 15.8 Å². The quantitative estimate of drug-likeness (QED) is 0.894. The van der Waals surface area contributed by atoms with Crippen molar-refractivity contribution >= 4 is 17.3 Å². The number of nitrogen functional groups attached to an aromatic ring is 1. The summed E-state index contributed by atoms with van der Waals surface area (Å²) < 4.78 is 7.03. The van der Waals surface area contributed by atoms with Gasteiger partial charge in [-0.25, -0.2) is 4.98 Å². The molecule has 0 radical (unpaired) electrons. The zero-order chi connectivity index (χ0) is 15.6. The van der Waals surface area contributed by atoms with Crippen LogP contribution in [0.25, 0.3) is 0 Å². The van der Waals surface area contributed by atoms with Gasteiger partial charge in [-0.15, -0.1) is 0 Å². The van der Waals surface area contributed by atoms with Crippen LogP contribution >= 0.6 is 0 Å². The van der Waals surface area contributed by atoms with E-state index in [2.05, 4.69) is 15.4 Å². The Balaban J connectivity index is 2.28. The Labute approximate surface area is 123 Å². The van der Waals surface area contributed by atoms with Crippen LogP contribution in [0.1, 0.15) is 30.0 Å². The first-order valence-electron chi connectivity index (χ1n) is 6.62. The molecule has 0 saturated heterocycles. The largest absolute Gasteiger partial charge is 0.473 e. The van der Waals surface area contributed by atoms with Crippen molar-refractivity contribution < 1.29 is 9.53 Å². The highest BCUT2D eigenvalue weighted by Gasteiger charge is 2.19. The second-order valence-corrected chi connectivity index (χ2v) is 4.95. The zero-order valence-corrected chi connectivity index (χ0v) is 12.5. The highest BCUT2D eigenvalue weighted by molar-refractivity contribution is 6.07. The third kappa shape index (κ3) is 3.13. The monoisotopic (exact) mass is 289 g/mol. The van der Waals surface area contributed by atoms with Crippen LogP contribution in [0.15, 0.2) is 18.3 Å². The molecule has 21 heavy (non-hydrogen) atoms. The Morgan fingerprint density at radius 3 is 2.76 bits per heavy atom. The number of nitrogens with two attached hydrogens (primary N) is 1. The number of aromatic nitrogens is 3. The van der Waals surface area contributed by atoms with Crippen molar-refractivity contribution in [2.24, 2.45) is 7.05 Å². The Kier molecular flexibility index (Phi) is 4.11. The molecule has 0 atom stereocenters. The van der Waals surface area contributed by atoms with Gasteiger partial charge in [-0.3, -0.25) is 9.48 Å². The van der Waals surface area contributed by atoms with Crippen LogP contribution in [0.3, 0.4) is 0 Å². The van der Waals surface area contributed by atoms with Crippen molar-refractivity contribution in [3.63, 3.8) is 0 Å². The lowest BCUT2D eigenvalue weighted by Crippen LogP contribution is -2.19. The fourth-order valence-electron chi connectivity index (χ4n) is 1.93. The molecule has 0 unspecified atom stereocenters. The molecule has 7 nitrogen and oxygen atoms in total. The van der Waals surface area contributed by atoms with Crippen LogP contribution in [-0.2, 0) is 7.05 Å². The molecule has 1 amide bonds. The maximum absolute atomic E-state index is 12.4. The Morgan fingerprint density at radius 2 is 2.19 bits per heavy atom. The second-order valence-electron chi connectivity index (χ2n) is 4.95. The minimum atomic E-state index is -0.350. The second kappa shape index (κ2) is 5.82. The maximum Gasteiger partial charge on any atom is 0.276 e.